The second-order valence-corrected chi connectivity index (χ2v) is 3.49. The van der Waals surface area contributed by atoms with E-state index in [1.54, 1.807) is 0 Å². The van der Waals surface area contributed by atoms with Crippen LogP contribution in [0.5, 0.6) is 0 Å². The SMILES string of the molecule is C=CC(=O)OCCCCCCNC(=O)CC. The molecule has 0 rings (SSSR count). The highest BCUT2D eigenvalue weighted by molar-refractivity contribution is 5.81. The van der Waals surface area contributed by atoms with Crippen molar-refractivity contribution in [3.63, 3.8) is 0 Å². The number of carbonyl (C=O) groups excluding carboxylic acids is 2. The van der Waals surface area contributed by atoms with Crippen LogP contribution >= 0.6 is 0 Å². The molecular weight excluding hydrogens is 206 g/mol. The summed E-state index contributed by atoms with van der Waals surface area (Å²) in [6, 6.07) is 0. The van der Waals surface area contributed by atoms with Gasteiger partial charge >= 0.3 is 5.97 Å². The lowest BCUT2D eigenvalue weighted by atomic mass is 10.2. The summed E-state index contributed by atoms with van der Waals surface area (Å²) in [5.41, 5.74) is 0. The van der Waals surface area contributed by atoms with Crippen molar-refractivity contribution in [2.75, 3.05) is 13.2 Å². The third-order valence-electron chi connectivity index (χ3n) is 2.13. The Morgan fingerprint density at radius 1 is 1.25 bits per heavy atom. The number of carbonyl (C=O) groups is 2. The average molecular weight is 227 g/mol. The third kappa shape index (κ3) is 9.24. The summed E-state index contributed by atoms with van der Waals surface area (Å²) in [5, 5.41) is 2.81. The number of nitrogens with one attached hydrogen (secondary N) is 1. The predicted octanol–water partition coefficient (Wildman–Crippen LogP) is 1.80. The second-order valence-electron chi connectivity index (χ2n) is 3.49. The molecule has 0 aromatic heterocycles. The van der Waals surface area contributed by atoms with Gasteiger partial charge in [0.15, 0.2) is 0 Å². The van der Waals surface area contributed by atoms with Crippen LogP contribution < -0.4 is 5.32 Å². The van der Waals surface area contributed by atoms with Gasteiger partial charge in [-0.05, 0) is 19.3 Å². The van der Waals surface area contributed by atoms with Gasteiger partial charge in [0.1, 0.15) is 0 Å². The third-order valence-corrected chi connectivity index (χ3v) is 2.13. The van der Waals surface area contributed by atoms with Gasteiger partial charge in [-0.2, -0.15) is 0 Å². The Bertz CT molecular complexity index is 226. The highest BCUT2D eigenvalue weighted by Crippen LogP contribution is 1.99. The Hall–Kier alpha value is -1.32. The molecule has 0 aliphatic rings. The number of esters is 1. The van der Waals surface area contributed by atoms with Crippen LogP contribution in [-0.4, -0.2) is 25.0 Å². The van der Waals surface area contributed by atoms with E-state index in [-0.39, 0.29) is 11.9 Å². The molecule has 0 heterocycles. The van der Waals surface area contributed by atoms with Crippen LogP contribution in [0.3, 0.4) is 0 Å². The number of unbranched alkanes of at least 4 members (excludes halogenated alkanes) is 3. The number of ether oxygens (including phenoxy) is 1. The molecule has 0 aliphatic heterocycles. The van der Waals surface area contributed by atoms with Gasteiger partial charge in [0.2, 0.25) is 5.91 Å². The Morgan fingerprint density at radius 2 is 1.94 bits per heavy atom. The van der Waals surface area contributed by atoms with E-state index < -0.39 is 0 Å². The van der Waals surface area contributed by atoms with Crippen molar-refractivity contribution in [1.82, 2.24) is 5.32 Å². The molecule has 0 saturated heterocycles. The fourth-order valence-corrected chi connectivity index (χ4v) is 1.17. The zero-order chi connectivity index (χ0) is 12.2. The molecule has 0 aromatic rings. The monoisotopic (exact) mass is 227 g/mol. The van der Waals surface area contributed by atoms with Crippen LogP contribution in [0.4, 0.5) is 0 Å². The summed E-state index contributed by atoms with van der Waals surface area (Å²) in [7, 11) is 0. The molecule has 1 amide bonds. The lowest BCUT2D eigenvalue weighted by Gasteiger charge is -2.04. The van der Waals surface area contributed by atoms with E-state index in [1.165, 1.54) is 6.08 Å². The standard InChI is InChI=1S/C12H21NO3/c1-3-11(14)13-9-7-5-6-8-10-16-12(15)4-2/h4H,2-3,5-10H2,1H3,(H,13,14). The van der Waals surface area contributed by atoms with Gasteiger partial charge in [0.05, 0.1) is 6.61 Å². The second kappa shape index (κ2) is 10.2. The first kappa shape index (κ1) is 14.7. The van der Waals surface area contributed by atoms with Gasteiger partial charge in [0, 0.05) is 19.0 Å². The van der Waals surface area contributed by atoms with Crippen LogP contribution in [0.15, 0.2) is 12.7 Å². The summed E-state index contributed by atoms with van der Waals surface area (Å²) in [5.74, 6) is -0.268. The lowest BCUT2D eigenvalue weighted by molar-refractivity contribution is -0.137. The van der Waals surface area contributed by atoms with Crippen LogP contribution in [0, 0.1) is 0 Å². The highest BCUT2D eigenvalue weighted by atomic mass is 16.5. The summed E-state index contributed by atoms with van der Waals surface area (Å²) in [6.07, 6.45) is 5.59. The van der Waals surface area contributed by atoms with E-state index >= 15 is 0 Å². The van der Waals surface area contributed by atoms with Crippen molar-refractivity contribution in [3.05, 3.63) is 12.7 Å². The van der Waals surface area contributed by atoms with E-state index in [0.29, 0.717) is 13.0 Å². The zero-order valence-electron chi connectivity index (χ0n) is 9.96. The van der Waals surface area contributed by atoms with Crippen LogP contribution in [0.1, 0.15) is 39.0 Å². The quantitative estimate of drug-likeness (QED) is 0.371. The summed E-state index contributed by atoms with van der Waals surface area (Å²) < 4.78 is 4.83. The van der Waals surface area contributed by atoms with Crippen molar-refractivity contribution in [2.45, 2.75) is 39.0 Å². The molecule has 16 heavy (non-hydrogen) atoms. The average Bonchev–Trinajstić information content (AvgIpc) is 2.31. The molecular formula is C12H21NO3. The Labute approximate surface area is 97.1 Å². The zero-order valence-corrected chi connectivity index (χ0v) is 9.96. The molecule has 1 N–H and O–H groups in total. The Morgan fingerprint density at radius 3 is 2.56 bits per heavy atom. The Kier molecular flexibility index (Phi) is 9.36. The maximum Gasteiger partial charge on any atom is 0.330 e. The molecule has 0 saturated carbocycles. The van der Waals surface area contributed by atoms with Gasteiger partial charge in [-0.25, -0.2) is 4.79 Å². The fourth-order valence-electron chi connectivity index (χ4n) is 1.17. The first-order chi connectivity index (χ1) is 7.70. The molecule has 0 aliphatic carbocycles. The number of hydrogen-bond donors (Lipinski definition) is 1. The van der Waals surface area contributed by atoms with Gasteiger partial charge in [-0.1, -0.05) is 19.9 Å². The number of hydrogen-bond acceptors (Lipinski definition) is 3. The topological polar surface area (TPSA) is 55.4 Å². The normalized spacial score (nSPS) is 9.56. The van der Waals surface area contributed by atoms with E-state index in [9.17, 15) is 9.59 Å². The maximum absolute atomic E-state index is 10.9. The fraction of sp³-hybridized carbons (Fsp3) is 0.667. The summed E-state index contributed by atoms with van der Waals surface area (Å²) in [6.45, 7) is 6.33. The maximum atomic E-state index is 10.9. The summed E-state index contributed by atoms with van der Waals surface area (Å²) >= 11 is 0. The molecule has 0 bridgehead atoms. The van der Waals surface area contributed by atoms with Crippen molar-refractivity contribution < 1.29 is 14.3 Å². The van der Waals surface area contributed by atoms with E-state index in [0.717, 1.165) is 32.2 Å². The van der Waals surface area contributed by atoms with Crippen molar-refractivity contribution in [2.24, 2.45) is 0 Å². The van der Waals surface area contributed by atoms with Crippen LogP contribution in [0.25, 0.3) is 0 Å². The van der Waals surface area contributed by atoms with Gasteiger partial charge in [0.25, 0.3) is 0 Å². The van der Waals surface area contributed by atoms with Gasteiger partial charge in [-0.3, -0.25) is 4.79 Å². The Balaban J connectivity index is 3.13. The van der Waals surface area contributed by atoms with Crippen molar-refractivity contribution in [3.8, 4) is 0 Å². The first-order valence-electron chi connectivity index (χ1n) is 5.76. The predicted molar refractivity (Wildman–Crippen MR) is 62.9 cm³/mol. The molecule has 0 atom stereocenters. The molecule has 0 unspecified atom stereocenters. The van der Waals surface area contributed by atoms with Gasteiger partial charge < -0.3 is 10.1 Å². The van der Waals surface area contributed by atoms with Crippen molar-refractivity contribution >= 4 is 11.9 Å². The molecule has 0 spiro atoms. The number of rotatable bonds is 9. The molecule has 92 valence electrons. The molecule has 0 fully saturated rings. The smallest absolute Gasteiger partial charge is 0.330 e. The highest BCUT2D eigenvalue weighted by Gasteiger charge is 1.97. The van der Waals surface area contributed by atoms with E-state index in [4.69, 9.17) is 4.74 Å². The summed E-state index contributed by atoms with van der Waals surface area (Å²) in [4.78, 5) is 21.5. The molecule has 0 aromatic carbocycles. The van der Waals surface area contributed by atoms with E-state index in [2.05, 4.69) is 11.9 Å². The molecule has 4 nitrogen and oxygen atoms in total. The first-order valence-corrected chi connectivity index (χ1v) is 5.76. The molecule has 4 heteroatoms. The minimum Gasteiger partial charge on any atom is -0.463 e. The van der Waals surface area contributed by atoms with Crippen LogP contribution in [-0.2, 0) is 14.3 Å². The lowest BCUT2D eigenvalue weighted by Crippen LogP contribution is -2.23. The number of amides is 1. The largest absolute Gasteiger partial charge is 0.463 e. The van der Waals surface area contributed by atoms with Gasteiger partial charge in [-0.15, -0.1) is 0 Å². The molecule has 0 radical (unpaired) electrons. The van der Waals surface area contributed by atoms with Crippen LogP contribution in [0.2, 0.25) is 0 Å². The minimum absolute atomic E-state index is 0.0971. The van der Waals surface area contributed by atoms with E-state index in [1.807, 2.05) is 6.92 Å². The minimum atomic E-state index is -0.366. The van der Waals surface area contributed by atoms with Crippen molar-refractivity contribution in [1.29, 1.82) is 0 Å².